The van der Waals surface area contributed by atoms with Crippen LogP contribution in [0.2, 0.25) is 0 Å². The van der Waals surface area contributed by atoms with Gasteiger partial charge in [-0.25, -0.2) is 0 Å². The van der Waals surface area contributed by atoms with E-state index in [1.54, 1.807) is 0 Å². The van der Waals surface area contributed by atoms with E-state index in [0.29, 0.717) is 0 Å². The highest BCUT2D eigenvalue weighted by molar-refractivity contribution is 5.99. The third-order valence-electron chi connectivity index (χ3n) is 4.13. The van der Waals surface area contributed by atoms with Crippen molar-refractivity contribution >= 4 is 5.84 Å². The summed E-state index contributed by atoms with van der Waals surface area (Å²) in [7, 11) is 2.20. The number of hydrogen-bond acceptors (Lipinski definition) is 4. The summed E-state index contributed by atoms with van der Waals surface area (Å²) < 4.78 is 0. The van der Waals surface area contributed by atoms with Crippen LogP contribution in [0.4, 0.5) is 0 Å². The maximum Gasteiger partial charge on any atom is 0.128 e. The van der Waals surface area contributed by atoms with E-state index in [1.165, 1.54) is 37.3 Å². The summed E-state index contributed by atoms with van der Waals surface area (Å²) in [6, 6.07) is 8.88. The number of nitrogens with zero attached hydrogens (tertiary/aromatic N) is 3. The van der Waals surface area contributed by atoms with Crippen LogP contribution < -0.4 is 5.32 Å². The number of piperazine rings is 1. The molecule has 3 rings (SSSR count). The Balaban J connectivity index is 1.60. The zero-order chi connectivity index (χ0) is 13.8. The van der Waals surface area contributed by atoms with E-state index in [1.807, 2.05) is 0 Å². The molecule has 0 aliphatic carbocycles. The first-order chi connectivity index (χ1) is 9.81. The second kappa shape index (κ2) is 6.37. The van der Waals surface area contributed by atoms with Crippen LogP contribution in [0, 0.1) is 0 Å². The number of amidine groups is 1. The van der Waals surface area contributed by atoms with Crippen LogP contribution in [0.3, 0.4) is 0 Å². The van der Waals surface area contributed by atoms with Crippen LogP contribution in [0.25, 0.3) is 0 Å². The van der Waals surface area contributed by atoms with Crippen LogP contribution in [-0.2, 0) is 6.54 Å². The van der Waals surface area contributed by atoms with Gasteiger partial charge in [-0.1, -0.05) is 24.3 Å². The molecule has 0 radical (unpaired) electrons. The van der Waals surface area contributed by atoms with Crippen molar-refractivity contribution in [2.24, 2.45) is 4.99 Å². The first kappa shape index (κ1) is 13.6. The van der Waals surface area contributed by atoms with Gasteiger partial charge in [-0.3, -0.25) is 9.89 Å². The Morgan fingerprint density at radius 1 is 1.10 bits per heavy atom. The summed E-state index contributed by atoms with van der Waals surface area (Å²) in [5.74, 6) is 1.06. The molecule has 0 amide bonds. The third kappa shape index (κ3) is 3.38. The fourth-order valence-corrected chi connectivity index (χ4v) is 2.76. The highest BCUT2D eigenvalue weighted by Gasteiger charge is 2.14. The monoisotopic (exact) mass is 272 g/mol. The first-order valence-electron chi connectivity index (χ1n) is 7.60. The molecule has 1 aromatic carbocycles. The molecule has 2 heterocycles. The largest absolute Gasteiger partial charge is 0.370 e. The molecule has 2 aliphatic heterocycles. The van der Waals surface area contributed by atoms with E-state index < -0.39 is 0 Å². The Kier molecular flexibility index (Phi) is 4.33. The molecule has 0 aromatic heterocycles. The van der Waals surface area contributed by atoms with Gasteiger partial charge in [-0.2, -0.15) is 0 Å². The fraction of sp³-hybridized carbons (Fsp3) is 0.562. The van der Waals surface area contributed by atoms with Gasteiger partial charge in [-0.15, -0.1) is 0 Å². The molecule has 0 bridgehead atoms. The molecule has 4 heteroatoms. The number of nitrogens with one attached hydrogen (secondary N) is 1. The minimum Gasteiger partial charge on any atom is -0.370 e. The maximum absolute atomic E-state index is 4.54. The molecule has 0 atom stereocenters. The van der Waals surface area contributed by atoms with Gasteiger partial charge in [-0.05, 0) is 19.0 Å². The maximum atomic E-state index is 4.54. The lowest BCUT2D eigenvalue weighted by atomic mass is 10.1. The normalized spacial score (nSPS) is 21.4. The van der Waals surface area contributed by atoms with Crippen molar-refractivity contribution in [1.82, 2.24) is 15.1 Å². The molecular weight excluding hydrogens is 248 g/mol. The quantitative estimate of drug-likeness (QED) is 0.896. The van der Waals surface area contributed by atoms with Crippen LogP contribution in [0.15, 0.2) is 29.3 Å². The van der Waals surface area contributed by atoms with Gasteiger partial charge in [0.25, 0.3) is 0 Å². The molecule has 108 valence electrons. The fourth-order valence-electron chi connectivity index (χ4n) is 2.76. The van der Waals surface area contributed by atoms with Crippen LogP contribution in [0.5, 0.6) is 0 Å². The van der Waals surface area contributed by atoms with Crippen molar-refractivity contribution in [2.45, 2.75) is 13.0 Å². The number of benzene rings is 1. The van der Waals surface area contributed by atoms with Crippen molar-refractivity contribution in [3.8, 4) is 0 Å². The minimum absolute atomic E-state index is 0.950. The van der Waals surface area contributed by atoms with E-state index in [2.05, 4.69) is 51.4 Å². The smallest absolute Gasteiger partial charge is 0.128 e. The predicted molar refractivity (Wildman–Crippen MR) is 83.2 cm³/mol. The molecule has 0 saturated carbocycles. The molecule has 1 fully saturated rings. The number of aliphatic imine (C=N–C) groups is 1. The SMILES string of the molecule is CN1CCN(Cc2ccc(C3=NCCCN3)cc2)CC1. The highest BCUT2D eigenvalue weighted by Crippen LogP contribution is 2.11. The van der Waals surface area contributed by atoms with Gasteiger partial charge in [0.1, 0.15) is 5.84 Å². The summed E-state index contributed by atoms with van der Waals surface area (Å²) in [5, 5.41) is 3.38. The molecule has 1 aromatic rings. The standard InChI is InChI=1S/C16H24N4/c1-19-9-11-20(12-10-19)13-14-3-5-15(6-4-14)16-17-7-2-8-18-16/h3-6H,2,7-13H2,1H3,(H,17,18). The Morgan fingerprint density at radius 3 is 2.50 bits per heavy atom. The molecule has 4 nitrogen and oxygen atoms in total. The van der Waals surface area contributed by atoms with E-state index in [0.717, 1.165) is 31.9 Å². The molecule has 1 N–H and O–H groups in total. The van der Waals surface area contributed by atoms with Gasteiger partial charge >= 0.3 is 0 Å². The van der Waals surface area contributed by atoms with Crippen molar-refractivity contribution < 1.29 is 0 Å². The van der Waals surface area contributed by atoms with Crippen LogP contribution in [0.1, 0.15) is 17.5 Å². The van der Waals surface area contributed by atoms with E-state index in [-0.39, 0.29) is 0 Å². The number of likely N-dealkylation sites (N-methyl/N-ethyl adjacent to an activating group) is 1. The summed E-state index contributed by atoms with van der Waals surface area (Å²) >= 11 is 0. The second-order valence-electron chi connectivity index (χ2n) is 5.79. The number of rotatable bonds is 3. The van der Waals surface area contributed by atoms with Crippen molar-refractivity contribution in [2.75, 3.05) is 46.3 Å². The van der Waals surface area contributed by atoms with Crippen LogP contribution in [-0.4, -0.2) is 62.0 Å². The summed E-state index contributed by atoms with van der Waals surface area (Å²) in [5.41, 5.74) is 2.61. The molecule has 1 saturated heterocycles. The molecule has 0 spiro atoms. The average Bonchev–Trinajstić information content (AvgIpc) is 2.51. The average molecular weight is 272 g/mol. The highest BCUT2D eigenvalue weighted by atomic mass is 15.2. The Morgan fingerprint density at radius 2 is 1.85 bits per heavy atom. The van der Waals surface area contributed by atoms with E-state index in [9.17, 15) is 0 Å². The van der Waals surface area contributed by atoms with Crippen LogP contribution >= 0.6 is 0 Å². The Labute approximate surface area is 121 Å². The van der Waals surface area contributed by atoms with E-state index in [4.69, 9.17) is 0 Å². The van der Waals surface area contributed by atoms with Crippen molar-refractivity contribution in [3.05, 3.63) is 35.4 Å². The summed E-state index contributed by atoms with van der Waals surface area (Å²) in [4.78, 5) is 9.47. The predicted octanol–water partition coefficient (Wildman–Crippen LogP) is 1.17. The summed E-state index contributed by atoms with van der Waals surface area (Å²) in [6.07, 6.45) is 1.14. The second-order valence-corrected chi connectivity index (χ2v) is 5.79. The van der Waals surface area contributed by atoms with Crippen molar-refractivity contribution in [1.29, 1.82) is 0 Å². The zero-order valence-corrected chi connectivity index (χ0v) is 12.3. The van der Waals surface area contributed by atoms with Gasteiger partial charge in [0.2, 0.25) is 0 Å². The molecule has 20 heavy (non-hydrogen) atoms. The Bertz CT molecular complexity index is 458. The zero-order valence-electron chi connectivity index (χ0n) is 12.3. The lowest BCUT2D eigenvalue weighted by Crippen LogP contribution is -2.43. The lowest BCUT2D eigenvalue weighted by molar-refractivity contribution is 0.148. The van der Waals surface area contributed by atoms with Gasteiger partial charge in [0, 0.05) is 51.4 Å². The first-order valence-corrected chi connectivity index (χ1v) is 7.60. The van der Waals surface area contributed by atoms with Gasteiger partial charge < -0.3 is 10.2 Å². The van der Waals surface area contributed by atoms with Gasteiger partial charge in [0.15, 0.2) is 0 Å². The van der Waals surface area contributed by atoms with Crippen molar-refractivity contribution in [3.63, 3.8) is 0 Å². The third-order valence-corrected chi connectivity index (χ3v) is 4.13. The number of hydrogen-bond donors (Lipinski definition) is 1. The topological polar surface area (TPSA) is 30.9 Å². The van der Waals surface area contributed by atoms with Gasteiger partial charge in [0.05, 0.1) is 0 Å². The lowest BCUT2D eigenvalue weighted by Gasteiger charge is -2.32. The summed E-state index contributed by atoms with van der Waals surface area (Å²) in [6.45, 7) is 7.76. The Hall–Kier alpha value is -1.39. The molecule has 2 aliphatic rings. The molecular formula is C16H24N4. The molecule has 0 unspecified atom stereocenters. The minimum atomic E-state index is 0.950. The van der Waals surface area contributed by atoms with E-state index >= 15 is 0 Å².